The zero-order chi connectivity index (χ0) is 13.4. The van der Waals surface area contributed by atoms with Gasteiger partial charge in [0.25, 0.3) is 0 Å². The van der Waals surface area contributed by atoms with E-state index in [1.54, 1.807) is 5.32 Å². The van der Waals surface area contributed by atoms with Crippen molar-refractivity contribution in [2.45, 2.75) is 33.2 Å². The lowest BCUT2D eigenvalue weighted by atomic mass is 10.0. The standard InChI is InChI=1S/C8H15NO3/c1-5(2)4-7(8(11)12)9-6(3)10/h5,7H,4H2,1-3H3,(H,9,10)(H,11,12)/t7-/m0/s1/i4D2,5D,7D. The SMILES string of the molecule is [2H]C(C)(C)C([2H])([2H])[C@]([2H])(NC(C)=O)C(=O)O. The van der Waals surface area contributed by atoms with Gasteiger partial charge >= 0.3 is 5.97 Å². The number of hydrogen-bond donors (Lipinski definition) is 2. The first-order valence-electron chi connectivity index (χ1n) is 5.38. The van der Waals surface area contributed by atoms with E-state index in [2.05, 4.69) is 0 Å². The number of rotatable bonds is 4. The van der Waals surface area contributed by atoms with Crippen LogP contribution in [0.5, 0.6) is 0 Å². The van der Waals surface area contributed by atoms with Gasteiger partial charge in [-0.15, -0.1) is 0 Å². The second-order valence-corrected chi connectivity index (χ2v) is 2.49. The molecule has 0 aromatic carbocycles. The van der Waals surface area contributed by atoms with Gasteiger partial charge in [0, 0.05) is 11.0 Å². The van der Waals surface area contributed by atoms with Gasteiger partial charge in [0.2, 0.25) is 5.91 Å². The van der Waals surface area contributed by atoms with E-state index in [4.69, 9.17) is 10.6 Å². The summed E-state index contributed by atoms with van der Waals surface area (Å²) < 4.78 is 30.2. The van der Waals surface area contributed by atoms with E-state index >= 15 is 0 Å². The molecular weight excluding hydrogens is 158 g/mol. The minimum Gasteiger partial charge on any atom is -0.480 e. The van der Waals surface area contributed by atoms with E-state index < -0.39 is 30.2 Å². The van der Waals surface area contributed by atoms with Crippen LogP contribution in [0.25, 0.3) is 0 Å². The van der Waals surface area contributed by atoms with Gasteiger partial charge in [-0.1, -0.05) is 13.8 Å². The maximum Gasteiger partial charge on any atom is 0.326 e. The Morgan fingerprint density at radius 3 is 2.42 bits per heavy atom. The molecule has 1 atom stereocenters. The molecule has 4 heteroatoms. The summed E-state index contributed by atoms with van der Waals surface area (Å²) in [6.07, 6.45) is -2.75. The molecule has 12 heavy (non-hydrogen) atoms. The van der Waals surface area contributed by atoms with Crippen molar-refractivity contribution in [3.63, 3.8) is 0 Å². The quantitative estimate of drug-likeness (QED) is 0.661. The van der Waals surface area contributed by atoms with Crippen molar-refractivity contribution in [3.8, 4) is 0 Å². The average molecular weight is 177 g/mol. The molecule has 0 aliphatic rings. The summed E-state index contributed by atoms with van der Waals surface area (Å²) in [5, 5.41) is 10.6. The Labute approximate surface area is 77.6 Å². The highest BCUT2D eigenvalue weighted by atomic mass is 16.4. The van der Waals surface area contributed by atoms with Gasteiger partial charge in [0.15, 0.2) is 0 Å². The average Bonchev–Trinajstić information content (AvgIpc) is 1.99. The molecule has 0 spiro atoms. The Bertz CT molecular complexity index is 313. The highest BCUT2D eigenvalue weighted by Crippen LogP contribution is 2.04. The van der Waals surface area contributed by atoms with Gasteiger partial charge in [-0.25, -0.2) is 4.79 Å². The normalized spacial score (nSPS) is 22.2. The van der Waals surface area contributed by atoms with Crippen LogP contribution in [0.15, 0.2) is 0 Å². The first-order chi connectivity index (χ1) is 6.86. The number of nitrogens with one attached hydrogen (secondary N) is 1. The third-order valence-electron chi connectivity index (χ3n) is 0.890. The molecule has 0 saturated heterocycles. The van der Waals surface area contributed by atoms with Crippen molar-refractivity contribution >= 4 is 11.9 Å². The van der Waals surface area contributed by atoms with Crippen LogP contribution in [0.1, 0.15) is 32.6 Å². The van der Waals surface area contributed by atoms with E-state index in [0.717, 1.165) is 20.8 Å². The van der Waals surface area contributed by atoms with Crippen LogP contribution in [0.2, 0.25) is 0 Å². The molecule has 2 N–H and O–H groups in total. The second kappa shape index (κ2) is 4.74. The zero-order valence-electron chi connectivity index (χ0n) is 11.3. The maximum absolute atomic E-state index is 10.9. The third kappa shape index (κ3) is 4.71. The summed E-state index contributed by atoms with van der Waals surface area (Å²) in [5.41, 5.74) is 0. The molecule has 0 rings (SSSR count). The van der Waals surface area contributed by atoms with E-state index in [9.17, 15) is 9.59 Å². The summed E-state index contributed by atoms with van der Waals surface area (Å²) in [6, 6.07) is -2.88. The van der Waals surface area contributed by atoms with Crippen molar-refractivity contribution in [2.24, 2.45) is 5.89 Å². The fraction of sp³-hybridized carbons (Fsp3) is 0.750. The number of aliphatic carboxylic acids is 1. The lowest BCUT2D eigenvalue weighted by Crippen LogP contribution is -2.40. The molecule has 0 aromatic rings. The molecule has 0 aromatic heterocycles. The fourth-order valence-corrected chi connectivity index (χ4v) is 0.564. The molecule has 70 valence electrons. The van der Waals surface area contributed by atoms with Crippen LogP contribution in [-0.4, -0.2) is 23.0 Å². The smallest absolute Gasteiger partial charge is 0.326 e. The van der Waals surface area contributed by atoms with Crippen molar-refractivity contribution in [3.05, 3.63) is 0 Å². The van der Waals surface area contributed by atoms with Gasteiger partial charge in [-0.05, 0) is 12.3 Å². The van der Waals surface area contributed by atoms with Crippen molar-refractivity contribution in [2.75, 3.05) is 0 Å². The van der Waals surface area contributed by atoms with Crippen LogP contribution in [-0.2, 0) is 9.59 Å². The minimum atomic E-state index is -2.88. The molecule has 0 aliphatic heterocycles. The molecule has 0 bridgehead atoms. The highest BCUT2D eigenvalue weighted by molar-refractivity contribution is 5.81. The number of carbonyl (C=O) groups excluding carboxylic acids is 1. The summed E-state index contributed by atoms with van der Waals surface area (Å²) >= 11 is 0. The topological polar surface area (TPSA) is 66.4 Å². The van der Waals surface area contributed by atoms with Crippen LogP contribution in [0, 0.1) is 5.89 Å². The second-order valence-electron chi connectivity index (χ2n) is 2.49. The molecule has 0 saturated carbocycles. The largest absolute Gasteiger partial charge is 0.480 e. The molecule has 0 unspecified atom stereocenters. The minimum absolute atomic E-state index is 0.842. The number of amides is 1. The van der Waals surface area contributed by atoms with Crippen LogP contribution in [0.3, 0.4) is 0 Å². The van der Waals surface area contributed by atoms with Gasteiger partial charge in [0.05, 0.1) is 1.37 Å². The van der Waals surface area contributed by atoms with Gasteiger partial charge in [-0.3, -0.25) is 4.79 Å². The van der Waals surface area contributed by atoms with Crippen molar-refractivity contribution in [1.29, 1.82) is 0 Å². The first-order valence-corrected chi connectivity index (χ1v) is 3.38. The Balaban J connectivity index is 5.53. The molecule has 0 aliphatic carbocycles. The maximum atomic E-state index is 10.9. The number of carboxylic acid groups (broad SMARTS) is 1. The monoisotopic (exact) mass is 177 g/mol. The Morgan fingerprint density at radius 1 is 1.67 bits per heavy atom. The molecule has 0 fully saturated rings. The van der Waals surface area contributed by atoms with E-state index in [0.29, 0.717) is 0 Å². The molecule has 0 radical (unpaired) electrons. The van der Waals surface area contributed by atoms with Crippen molar-refractivity contribution < 1.29 is 20.2 Å². The number of carbonyl (C=O) groups is 2. The van der Waals surface area contributed by atoms with Gasteiger partial charge in [0.1, 0.15) is 6.02 Å². The predicted octanol–water partition coefficient (Wildman–Crippen LogP) is 0.622. The third-order valence-corrected chi connectivity index (χ3v) is 0.890. The molecule has 0 heterocycles. The molecule has 1 amide bonds. The molecule has 4 nitrogen and oxygen atoms in total. The van der Waals surface area contributed by atoms with Crippen LogP contribution >= 0.6 is 0 Å². The Hall–Kier alpha value is -1.06. The summed E-state index contributed by atoms with van der Waals surface area (Å²) in [5.74, 6) is -4.53. The Kier molecular flexibility index (Phi) is 2.20. The van der Waals surface area contributed by atoms with Gasteiger partial charge in [-0.2, -0.15) is 0 Å². The van der Waals surface area contributed by atoms with E-state index in [1.165, 1.54) is 0 Å². The lowest BCUT2D eigenvalue weighted by Gasteiger charge is -2.14. The number of hydrogen-bond acceptors (Lipinski definition) is 2. The summed E-state index contributed by atoms with van der Waals surface area (Å²) in [6.45, 7) is 3.27. The Morgan fingerprint density at radius 2 is 2.17 bits per heavy atom. The highest BCUT2D eigenvalue weighted by Gasteiger charge is 2.18. The van der Waals surface area contributed by atoms with Crippen LogP contribution < -0.4 is 5.32 Å². The summed E-state index contributed by atoms with van der Waals surface area (Å²) in [7, 11) is 0. The fourth-order valence-electron chi connectivity index (χ4n) is 0.564. The van der Waals surface area contributed by atoms with Crippen molar-refractivity contribution in [1.82, 2.24) is 5.32 Å². The molecular formula is C8H15NO3. The van der Waals surface area contributed by atoms with Crippen LogP contribution in [0.4, 0.5) is 0 Å². The first kappa shape index (κ1) is 5.56. The number of carboxylic acids is 1. The zero-order valence-corrected chi connectivity index (χ0v) is 7.26. The predicted molar refractivity (Wildman–Crippen MR) is 44.7 cm³/mol. The van der Waals surface area contributed by atoms with Gasteiger partial charge < -0.3 is 10.4 Å². The van der Waals surface area contributed by atoms with E-state index in [-0.39, 0.29) is 0 Å². The van der Waals surface area contributed by atoms with E-state index in [1.807, 2.05) is 0 Å². The lowest BCUT2D eigenvalue weighted by molar-refractivity contribution is -0.142. The summed E-state index contributed by atoms with van der Waals surface area (Å²) in [4.78, 5) is 21.7.